The highest BCUT2D eigenvalue weighted by atomic mass is 16.5. The molecule has 0 saturated heterocycles. The number of aromatic nitrogens is 3. The number of ether oxygens (including phenoxy) is 2. The van der Waals surface area contributed by atoms with Crippen molar-refractivity contribution in [2.45, 2.75) is 25.4 Å². The number of amides is 1. The monoisotopic (exact) mass is 482 g/mol. The molecular weight excluding hydrogens is 456 g/mol. The van der Waals surface area contributed by atoms with E-state index in [0.29, 0.717) is 16.8 Å². The van der Waals surface area contributed by atoms with Gasteiger partial charge in [0.2, 0.25) is 0 Å². The van der Waals surface area contributed by atoms with Crippen LogP contribution in [0.3, 0.4) is 0 Å². The number of rotatable bonds is 8. The van der Waals surface area contributed by atoms with Crippen molar-refractivity contribution in [3.8, 4) is 11.4 Å². The van der Waals surface area contributed by atoms with E-state index in [1.54, 1.807) is 41.9 Å². The van der Waals surface area contributed by atoms with E-state index in [0.717, 1.165) is 17.0 Å². The summed E-state index contributed by atoms with van der Waals surface area (Å²) in [5.41, 5.74) is 1.99. The van der Waals surface area contributed by atoms with Crippen LogP contribution in [0.15, 0.2) is 85.1 Å². The lowest BCUT2D eigenvalue weighted by Gasteiger charge is -2.36. The van der Waals surface area contributed by atoms with Crippen LogP contribution in [0.2, 0.25) is 0 Å². The van der Waals surface area contributed by atoms with E-state index in [2.05, 4.69) is 10.3 Å². The number of hydrogen-bond donors (Lipinski definition) is 0. The molecule has 0 N–H and O–H groups in total. The van der Waals surface area contributed by atoms with E-state index in [4.69, 9.17) is 9.47 Å². The van der Waals surface area contributed by atoms with Crippen LogP contribution in [0.5, 0.6) is 5.75 Å². The Morgan fingerprint density at radius 3 is 2.42 bits per heavy atom. The Morgan fingerprint density at radius 1 is 0.972 bits per heavy atom. The third-order valence-corrected chi connectivity index (χ3v) is 6.42. The average molecular weight is 483 g/mol. The van der Waals surface area contributed by atoms with Crippen molar-refractivity contribution in [2.24, 2.45) is 0 Å². The summed E-state index contributed by atoms with van der Waals surface area (Å²) in [7, 11) is 1.61. The zero-order valence-corrected chi connectivity index (χ0v) is 20.1. The van der Waals surface area contributed by atoms with Crippen molar-refractivity contribution in [1.82, 2.24) is 19.9 Å². The molecule has 1 amide bonds. The molecule has 3 aromatic carbocycles. The zero-order chi connectivity index (χ0) is 25.1. The van der Waals surface area contributed by atoms with Crippen molar-refractivity contribution >= 4 is 11.9 Å². The first-order chi connectivity index (χ1) is 17.6. The summed E-state index contributed by atoms with van der Waals surface area (Å²) in [6, 6.07) is 24.2. The lowest BCUT2D eigenvalue weighted by molar-refractivity contribution is -0.157. The standard InChI is InChI=1S/C28H26N4O4/c1-3-36-27(34)28(17-21-19-32(30-29-21)22-13-15-23(35-2)16-14-22)25-12-8-7-11-24(25)26(33)31(28)18-20-9-5-4-6-10-20/h4-16,19H,3,17-18H2,1-2H3. The number of esters is 1. The molecule has 8 heteroatoms. The van der Waals surface area contributed by atoms with Crippen molar-refractivity contribution in [1.29, 1.82) is 0 Å². The van der Waals surface area contributed by atoms with Crippen molar-refractivity contribution in [3.05, 3.63) is 107 Å². The number of carbonyl (C=O) groups is 2. The van der Waals surface area contributed by atoms with Gasteiger partial charge in [0.05, 0.1) is 31.3 Å². The van der Waals surface area contributed by atoms with E-state index in [1.807, 2.05) is 66.7 Å². The number of fused-ring (bicyclic) bond motifs is 1. The molecule has 5 rings (SSSR count). The molecule has 1 unspecified atom stereocenters. The van der Waals surface area contributed by atoms with Gasteiger partial charge in [-0.3, -0.25) is 4.79 Å². The third kappa shape index (κ3) is 4.00. The van der Waals surface area contributed by atoms with Crippen LogP contribution in [0.1, 0.15) is 34.1 Å². The number of methoxy groups -OCH3 is 1. The highest BCUT2D eigenvalue weighted by Crippen LogP contribution is 2.43. The first-order valence-corrected chi connectivity index (χ1v) is 11.7. The fourth-order valence-electron chi connectivity index (χ4n) is 4.70. The van der Waals surface area contributed by atoms with E-state index in [1.165, 1.54) is 0 Å². The molecule has 2 heterocycles. The Bertz CT molecular complexity index is 1380. The molecule has 0 saturated carbocycles. The van der Waals surface area contributed by atoms with Gasteiger partial charge in [-0.1, -0.05) is 53.7 Å². The predicted octanol–water partition coefficient (Wildman–Crippen LogP) is 3.93. The van der Waals surface area contributed by atoms with Gasteiger partial charge in [-0.2, -0.15) is 0 Å². The summed E-state index contributed by atoms with van der Waals surface area (Å²) in [5, 5.41) is 8.64. The van der Waals surface area contributed by atoms with Gasteiger partial charge in [0, 0.05) is 24.1 Å². The maximum Gasteiger partial charge on any atom is 0.337 e. The second kappa shape index (κ2) is 9.65. The molecule has 4 aromatic rings. The Morgan fingerprint density at radius 2 is 1.69 bits per heavy atom. The fraction of sp³-hybridized carbons (Fsp3) is 0.214. The second-order valence-corrected chi connectivity index (χ2v) is 8.53. The Labute approximate surface area is 209 Å². The molecule has 182 valence electrons. The van der Waals surface area contributed by atoms with Crippen LogP contribution in [-0.4, -0.2) is 45.5 Å². The maximum absolute atomic E-state index is 13.7. The van der Waals surface area contributed by atoms with Crippen molar-refractivity contribution in [2.75, 3.05) is 13.7 Å². The zero-order valence-electron chi connectivity index (χ0n) is 20.1. The van der Waals surface area contributed by atoms with Crippen LogP contribution >= 0.6 is 0 Å². The van der Waals surface area contributed by atoms with Gasteiger partial charge >= 0.3 is 5.97 Å². The van der Waals surface area contributed by atoms with Crippen LogP contribution in [0.25, 0.3) is 5.69 Å². The minimum absolute atomic E-state index is 0.123. The van der Waals surface area contributed by atoms with Gasteiger partial charge in [-0.15, -0.1) is 5.10 Å². The normalized spacial score (nSPS) is 16.6. The molecule has 1 aromatic heterocycles. The topological polar surface area (TPSA) is 86.5 Å². The molecule has 0 fully saturated rings. The third-order valence-electron chi connectivity index (χ3n) is 6.42. The Balaban J connectivity index is 1.59. The van der Waals surface area contributed by atoms with Gasteiger partial charge in [0.25, 0.3) is 5.91 Å². The lowest BCUT2D eigenvalue weighted by atomic mass is 9.85. The van der Waals surface area contributed by atoms with E-state index < -0.39 is 11.5 Å². The van der Waals surface area contributed by atoms with Gasteiger partial charge in [-0.05, 0) is 42.8 Å². The predicted molar refractivity (Wildman–Crippen MR) is 133 cm³/mol. The summed E-state index contributed by atoms with van der Waals surface area (Å²) < 4.78 is 12.5. The summed E-state index contributed by atoms with van der Waals surface area (Å²) in [6.07, 6.45) is 1.90. The van der Waals surface area contributed by atoms with E-state index in [-0.39, 0.29) is 25.5 Å². The fourth-order valence-corrected chi connectivity index (χ4v) is 4.70. The number of hydrogen-bond acceptors (Lipinski definition) is 6. The van der Waals surface area contributed by atoms with E-state index >= 15 is 0 Å². The first kappa shape index (κ1) is 23.3. The lowest BCUT2D eigenvalue weighted by Crippen LogP contribution is -2.52. The van der Waals surface area contributed by atoms with E-state index in [9.17, 15) is 9.59 Å². The number of carbonyl (C=O) groups excluding carboxylic acids is 2. The second-order valence-electron chi connectivity index (χ2n) is 8.53. The average Bonchev–Trinajstić information content (AvgIpc) is 3.47. The first-order valence-electron chi connectivity index (χ1n) is 11.7. The molecule has 0 aliphatic carbocycles. The van der Waals surface area contributed by atoms with Gasteiger partial charge in [0.15, 0.2) is 5.54 Å². The molecule has 1 atom stereocenters. The minimum Gasteiger partial charge on any atom is -0.497 e. The van der Waals surface area contributed by atoms with Gasteiger partial charge in [0.1, 0.15) is 5.75 Å². The van der Waals surface area contributed by atoms with Gasteiger partial charge < -0.3 is 14.4 Å². The highest BCUT2D eigenvalue weighted by molar-refractivity contribution is 6.06. The van der Waals surface area contributed by atoms with Crippen LogP contribution in [-0.2, 0) is 28.0 Å². The molecule has 1 aliphatic heterocycles. The minimum atomic E-state index is -1.37. The van der Waals surface area contributed by atoms with Crippen LogP contribution in [0.4, 0.5) is 0 Å². The quantitative estimate of drug-likeness (QED) is 0.354. The Kier molecular flexibility index (Phi) is 6.25. The summed E-state index contributed by atoms with van der Waals surface area (Å²) in [5.74, 6) is 0.0289. The van der Waals surface area contributed by atoms with Crippen LogP contribution in [0, 0.1) is 0 Å². The van der Waals surface area contributed by atoms with Crippen molar-refractivity contribution in [3.63, 3.8) is 0 Å². The largest absolute Gasteiger partial charge is 0.497 e. The molecule has 36 heavy (non-hydrogen) atoms. The molecule has 8 nitrogen and oxygen atoms in total. The van der Waals surface area contributed by atoms with Gasteiger partial charge in [-0.25, -0.2) is 9.48 Å². The number of nitrogens with zero attached hydrogens (tertiary/aromatic N) is 4. The molecule has 0 spiro atoms. The summed E-state index contributed by atoms with van der Waals surface area (Å²) in [4.78, 5) is 29.0. The molecular formula is C28H26N4O4. The molecule has 1 aliphatic rings. The highest BCUT2D eigenvalue weighted by Gasteiger charge is 2.56. The number of benzene rings is 3. The molecule has 0 radical (unpaired) electrons. The van der Waals surface area contributed by atoms with Crippen LogP contribution < -0.4 is 4.74 Å². The Hall–Kier alpha value is -4.46. The smallest absolute Gasteiger partial charge is 0.337 e. The summed E-state index contributed by atoms with van der Waals surface area (Å²) >= 11 is 0. The maximum atomic E-state index is 13.7. The molecule has 0 bridgehead atoms. The van der Waals surface area contributed by atoms with Crippen molar-refractivity contribution < 1.29 is 19.1 Å². The summed E-state index contributed by atoms with van der Waals surface area (Å²) in [6.45, 7) is 2.20. The SMILES string of the molecule is CCOC(=O)C1(Cc2cn(-c3ccc(OC)cc3)nn2)c2ccccc2C(=O)N1Cc1ccccc1.